The highest BCUT2D eigenvalue weighted by atomic mass is 15.4. The number of aromatic nitrogens is 2. The number of piperazine rings is 1. The fraction of sp³-hybridized carbons (Fsp3) is 0.826. The Bertz CT molecular complexity index is 633. The summed E-state index contributed by atoms with van der Waals surface area (Å²) in [6.07, 6.45) is 13.8. The highest BCUT2D eigenvalue weighted by molar-refractivity contribution is 5.38. The van der Waals surface area contributed by atoms with Gasteiger partial charge in [0, 0.05) is 50.2 Å². The van der Waals surface area contributed by atoms with E-state index in [0.29, 0.717) is 24.0 Å². The summed E-state index contributed by atoms with van der Waals surface area (Å²) < 4.78 is 0. The van der Waals surface area contributed by atoms with Crippen LogP contribution in [0.2, 0.25) is 0 Å². The van der Waals surface area contributed by atoms with Gasteiger partial charge in [0.15, 0.2) is 0 Å². The van der Waals surface area contributed by atoms with Gasteiger partial charge in [0.25, 0.3) is 0 Å². The lowest BCUT2D eigenvalue weighted by molar-refractivity contribution is 0.147. The molecule has 0 aromatic carbocycles. The number of fused-ring (bicyclic) bond motifs is 2. The van der Waals surface area contributed by atoms with Crippen molar-refractivity contribution in [2.24, 2.45) is 5.92 Å². The van der Waals surface area contributed by atoms with Crippen LogP contribution in [0, 0.1) is 5.92 Å². The summed E-state index contributed by atoms with van der Waals surface area (Å²) in [5.74, 6) is 2.62. The standard InChI is InChI=1S/C23H37N5/c1-17(2)27-15-21-6-7-22(16-27)28(21)23-24-12-20(13-25-23)19-8-10-26(11-9-19)14-18-4-3-5-18/h12-13,17-19,21-22H,3-11,14-16H2,1-2H3. The maximum absolute atomic E-state index is 4.86. The zero-order chi connectivity index (χ0) is 19.1. The van der Waals surface area contributed by atoms with E-state index in [1.807, 2.05) is 0 Å². The molecule has 1 aromatic rings. The van der Waals surface area contributed by atoms with Crippen molar-refractivity contribution >= 4 is 5.95 Å². The van der Waals surface area contributed by atoms with E-state index in [2.05, 4.69) is 40.9 Å². The molecule has 4 aliphatic rings. The Morgan fingerprint density at radius 2 is 1.57 bits per heavy atom. The molecule has 4 heterocycles. The molecule has 0 radical (unpaired) electrons. The van der Waals surface area contributed by atoms with Crippen LogP contribution in [0.1, 0.15) is 70.3 Å². The molecule has 1 aromatic heterocycles. The van der Waals surface area contributed by atoms with Crippen LogP contribution < -0.4 is 4.90 Å². The Kier molecular flexibility index (Phi) is 5.31. The highest BCUT2D eigenvalue weighted by Crippen LogP contribution is 2.35. The van der Waals surface area contributed by atoms with E-state index in [1.165, 1.54) is 83.2 Å². The van der Waals surface area contributed by atoms with Gasteiger partial charge in [0.1, 0.15) is 0 Å². The summed E-state index contributed by atoms with van der Waals surface area (Å²) in [6, 6.07) is 1.84. The first-order chi connectivity index (χ1) is 13.7. The third-order valence-corrected chi connectivity index (χ3v) is 7.93. The van der Waals surface area contributed by atoms with Gasteiger partial charge >= 0.3 is 0 Å². The fourth-order valence-electron chi connectivity index (χ4n) is 5.85. The predicted octanol–water partition coefficient (Wildman–Crippen LogP) is 3.52. The van der Waals surface area contributed by atoms with Crippen molar-refractivity contribution in [3.05, 3.63) is 18.0 Å². The quantitative estimate of drug-likeness (QED) is 0.777. The van der Waals surface area contributed by atoms with Crippen molar-refractivity contribution in [1.82, 2.24) is 19.8 Å². The molecular formula is C23H37N5. The second-order valence-corrected chi connectivity index (χ2v) is 10.0. The number of piperidine rings is 1. The summed E-state index contributed by atoms with van der Waals surface area (Å²) in [6.45, 7) is 10.8. The molecule has 28 heavy (non-hydrogen) atoms. The van der Waals surface area contributed by atoms with E-state index < -0.39 is 0 Å². The van der Waals surface area contributed by atoms with Crippen LogP contribution in [0.25, 0.3) is 0 Å². The Hall–Kier alpha value is -1.20. The van der Waals surface area contributed by atoms with Crippen molar-refractivity contribution in [3.8, 4) is 0 Å². The lowest BCUT2D eigenvalue weighted by Gasteiger charge is -2.42. The molecule has 2 unspecified atom stereocenters. The summed E-state index contributed by atoms with van der Waals surface area (Å²) in [5.41, 5.74) is 1.36. The lowest BCUT2D eigenvalue weighted by Crippen LogP contribution is -2.56. The average molecular weight is 384 g/mol. The number of nitrogens with zero attached hydrogens (tertiary/aromatic N) is 5. The molecule has 1 saturated carbocycles. The molecule has 2 bridgehead atoms. The number of anilines is 1. The molecule has 5 rings (SSSR count). The summed E-state index contributed by atoms with van der Waals surface area (Å²) >= 11 is 0. The zero-order valence-corrected chi connectivity index (χ0v) is 17.8. The maximum atomic E-state index is 4.86. The van der Waals surface area contributed by atoms with Crippen molar-refractivity contribution in [2.75, 3.05) is 37.6 Å². The van der Waals surface area contributed by atoms with Crippen LogP contribution >= 0.6 is 0 Å². The normalized spacial score (nSPS) is 30.2. The molecule has 0 N–H and O–H groups in total. The van der Waals surface area contributed by atoms with E-state index in [1.54, 1.807) is 0 Å². The molecule has 5 nitrogen and oxygen atoms in total. The molecule has 3 aliphatic heterocycles. The lowest BCUT2D eigenvalue weighted by atomic mass is 9.84. The topological polar surface area (TPSA) is 35.5 Å². The fourth-order valence-corrected chi connectivity index (χ4v) is 5.85. The molecule has 0 spiro atoms. The Balaban J connectivity index is 1.19. The summed E-state index contributed by atoms with van der Waals surface area (Å²) in [5, 5.41) is 0. The van der Waals surface area contributed by atoms with Gasteiger partial charge in [-0.25, -0.2) is 9.97 Å². The number of rotatable bonds is 5. The SMILES string of the molecule is CC(C)N1CC2CCC(C1)N2c1ncc(C2CCN(CC3CCC3)CC2)cn1. The molecule has 0 amide bonds. The molecular weight excluding hydrogens is 346 g/mol. The van der Waals surface area contributed by atoms with Gasteiger partial charge in [0.2, 0.25) is 5.95 Å². The van der Waals surface area contributed by atoms with Gasteiger partial charge in [-0.05, 0) is 82.9 Å². The average Bonchev–Trinajstić information content (AvgIpc) is 2.94. The summed E-state index contributed by atoms with van der Waals surface area (Å²) in [4.78, 5) is 17.6. The van der Waals surface area contributed by atoms with E-state index in [-0.39, 0.29) is 0 Å². The van der Waals surface area contributed by atoms with Crippen LogP contribution in [-0.4, -0.2) is 70.6 Å². The third-order valence-electron chi connectivity index (χ3n) is 7.93. The Labute approximate surface area is 170 Å². The molecule has 154 valence electrons. The maximum Gasteiger partial charge on any atom is 0.225 e. The van der Waals surface area contributed by atoms with Gasteiger partial charge in [-0.15, -0.1) is 0 Å². The Morgan fingerprint density at radius 1 is 0.929 bits per heavy atom. The zero-order valence-electron chi connectivity index (χ0n) is 17.8. The van der Waals surface area contributed by atoms with Gasteiger partial charge in [-0.2, -0.15) is 0 Å². The van der Waals surface area contributed by atoms with Crippen molar-refractivity contribution in [1.29, 1.82) is 0 Å². The number of likely N-dealkylation sites (tertiary alicyclic amines) is 2. The van der Waals surface area contributed by atoms with Gasteiger partial charge < -0.3 is 9.80 Å². The van der Waals surface area contributed by atoms with Crippen molar-refractivity contribution < 1.29 is 0 Å². The molecule has 2 atom stereocenters. The number of hydrogen-bond donors (Lipinski definition) is 0. The van der Waals surface area contributed by atoms with Crippen LogP contribution in [0.4, 0.5) is 5.95 Å². The van der Waals surface area contributed by atoms with Crippen LogP contribution in [0.5, 0.6) is 0 Å². The van der Waals surface area contributed by atoms with Crippen molar-refractivity contribution in [3.63, 3.8) is 0 Å². The Morgan fingerprint density at radius 3 is 2.11 bits per heavy atom. The second-order valence-electron chi connectivity index (χ2n) is 10.0. The largest absolute Gasteiger partial charge is 0.332 e. The van der Waals surface area contributed by atoms with Crippen LogP contribution in [0.15, 0.2) is 12.4 Å². The van der Waals surface area contributed by atoms with E-state index >= 15 is 0 Å². The summed E-state index contributed by atoms with van der Waals surface area (Å²) in [7, 11) is 0. The smallest absolute Gasteiger partial charge is 0.225 e. The third kappa shape index (κ3) is 3.68. The molecule has 5 heteroatoms. The monoisotopic (exact) mass is 383 g/mol. The van der Waals surface area contributed by atoms with E-state index in [9.17, 15) is 0 Å². The minimum Gasteiger partial charge on any atom is -0.332 e. The van der Waals surface area contributed by atoms with Crippen molar-refractivity contribution in [2.45, 2.75) is 82.8 Å². The first-order valence-corrected chi connectivity index (χ1v) is 11.7. The van der Waals surface area contributed by atoms with E-state index in [0.717, 1.165) is 11.9 Å². The minimum atomic E-state index is 0.599. The van der Waals surface area contributed by atoms with Gasteiger partial charge in [0.05, 0.1) is 0 Å². The molecule has 4 fully saturated rings. The van der Waals surface area contributed by atoms with E-state index in [4.69, 9.17) is 9.97 Å². The highest BCUT2D eigenvalue weighted by Gasteiger charge is 2.41. The van der Waals surface area contributed by atoms with Crippen LogP contribution in [-0.2, 0) is 0 Å². The first kappa shape index (κ1) is 18.8. The van der Waals surface area contributed by atoms with Gasteiger partial charge in [-0.3, -0.25) is 4.90 Å². The number of hydrogen-bond acceptors (Lipinski definition) is 5. The van der Waals surface area contributed by atoms with Gasteiger partial charge in [-0.1, -0.05) is 6.42 Å². The second kappa shape index (κ2) is 7.91. The van der Waals surface area contributed by atoms with Crippen LogP contribution in [0.3, 0.4) is 0 Å². The molecule has 3 saturated heterocycles. The molecule has 1 aliphatic carbocycles. The minimum absolute atomic E-state index is 0.599. The predicted molar refractivity (Wildman–Crippen MR) is 114 cm³/mol. The first-order valence-electron chi connectivity index (χ1n) is 11.7.